The van der Waals surface area contributed by atoms with Crippen LogP contribution in [-0.2, 0) is 6.54 Å². The highest BCUT2D eigenvalue weighted by atomic mass is 16.5. The number of carbonyl (C=O) groups excluding carboxylic acids is 1. The van der Waals surface area contributed by atoms with E-state index in [9.17, 15) is 9.59 Å². The molecule has 0 saturated carbocycles. The Bertz CT molecular complexity index is 1190. The van der Waals surface area contributed by atoms with E-state index in [-0.39, 0.29) is 5.56 Å². The first-order valence-electron chi connectivity index (χ1n) is 9.57. The van der Waals surface area contributed by atoms with E-state index in [4.69, 9.17) is 14.2 Å². The number of benzene rings is 1. The van der Waals surface area contributed by atoms with Gasteiger partial charge in [-0.15, -0.1) is 0 Å². The molecule has 2 aromatic heterocycles. The number of pyridine rings is 2. The summed E-state index contributed by atoms with van der Waals surface area (Å²) >= 11 is 0. The van der Waals surface area contributed by atoms with Gasteiger partial charge in [-0.2, -0.15) is 5.10 Å². The highest BCUT2D eigenvalue weighted by Crippen LogP contribution is 2.37. The Morgan fingerprint density at radius 3 is 2.42 bits per heavy atom. The van der Waals surface area contributed by atoms with Gasteiger partial charge < -0.3 is 18.8 Å². The van der Waals surface area contributed by atoms with Gasteiger partial charge in [-0.25, -0.2) is 10.4 Å². The van der Waals surface area contributed by atoms with E-state index in [2.05, 4.69) is 15.5 Å². The minimum absolute atomic E-state index is 0.0120. The summed E-state index contributed by atoms with van der Waals surface area (Å²) in [6.45, 7) is 4.32. The van der Waals surface area contributed by atoms with Crippen molar-refractivity contribution >= 4 is 23.2 Å². The molecule has 2 heterocycles. The van der Waals surface area contributed by atoms with E-state index in [1.807, 2.05) is 13.8 Å². The second-order valence-electron chi connectivity index (χ2n) is 6.64. The summed E-state index contributed by atoms with van der Waals surface area (Å²) in [6, 6.07) is 6.80. The third-order valence-corrected chi connectivity index (χ3v) is 4.71. The maximum absolute atomic E-state index is 12.8. The summed E-state index contributed by atoms with van der Waals surface area (Å²) in [5.41, 5.74) is 3.94. The number of aromatic nitrogens is 2. The lowest BCUT2D eigenvalue weighted by Crippen LogP contribution is -2.27. The summed E-state index contributed by atoms with van der Waals surface area (Å²) in [6.07, 6.45) is 2.92. The fraction of sp³-hybridized carbons (Fsp3) is 0.273. The lowest BCUT2D eigenvalue weighted by molar-refractivity contribution is 0.0953. The van der Waals surface area contributed by atoms with Gasteiger partial charge in [0.15, 0.2) is 11.5 Å². The van der Waals surface area contributed by atoms with Crippen molar-refractivity contribution in [3.05, 3.63) is 57.5 Å². The quantitative estimate of drug-likeness (QED) is 0.462. The number of amides is 1. The number of methoxy groups -OCH3 is 3. The van der Waals surface area contributed by atoms with Crippen LogP contribution >= 0.6 is 0 Å². The SMILES string of the molecule is CCn1cc(C(=O)N/N=C/c2cc(OC)c(OC)c(OC)c2)c(=O)c2ccc(C)nc21. The number of rotatable bonds is 7. The van der Waals surface area contributed by atoms with Crippen molar-refractivity contribution in [2.45, 2.75) is 20.4 Å². The average Bonchev–Trinajstić information content (AvgIpc) is 2.78. The van der Waals surface area contributed by atoms with E-state index >= 15 is 0 Å². The number of carbonyl (C=O) groups is 1. The van der Waals surface area contributed by atoms with Crippen LogP contribution < -0.4 is 25.1 Å². The van der Waals surface area contributed by atoms with E-state index in [1.165, 1.54) is 33.7 Å². The molecule has 3 aromatic rings. The molecule has 9 heteroatoms. The highest BCUT2D eigenvalue weighted by Gasteiger charge is 2.16. The standard InChI is InChI=1S/C22H24N4O5/c1-6-26-12-16(19(27)15-8-7-13(2)24-21(15)26)22(28)25-23-11-14-9-17(29-3)20(31-5)18(10-14)30-4/h7-12H,6H2,1-5H3,(H,25,28)/b23-11+. The molecular formula is C22H24N4O5. The van der Waals surface area contributed by atoms with Crippen LogP contribution in [0, 0.1) is 6.92 Å². The molecule has 0 radical (unpaired) electrons. The number of nitrogens with one attached hydrogen (secondary N) is 1. The molecule has 0 bridgehead atoms. The van der Waals surface area contributed by atoms with Gasteiger partial charge >= 0.3 is 0 Å². The van der Waals surface area contributed by atoms with Crippen molar-refractivity contribution in [3.63, 3.8) is 0 Å². The summed E-state index contributed by atoms with van der Waals surface area (Å²) in [5.74, 6) is 0.750. The van der Waals surface area contributed by atoms with E-state index in [0.717, 1.165) is 5.69 Å². The first kappa shape index (κ1) is 21.8. The zero-order valence-electron chi connectivity index (χ0n) is 18.1. The van der Waals surface area contributed by atoms with Crippen molar-refractivity contribution in [1.82, 2.24) is 15.0 Å². The minimum atomic E-state index is -0.613. The fourth-order valence-corrected chi connectivity index (χ4v) is 3.16. The largest absolute Gasteiger partial charge is 0.493 e. The molecule has 0 aliphatic heterocycles. The van der Waals surface area contributed by atoms with Crippen LogP contribution in [0.15, 0.2) is 40.4 Å². The third kappa shape index (κ3) is 4.35. The van der Waals surface area contributed by atoms with Crippen molar-refractivity contribution in [2.75, 3.05) is 21.3 Å². The number of aryl methyl sites for hydroxylation is 2. The molecule has 1 N–H and O–H groups in total. The average molecular weight is 424 g/mol. The second kappa shape index (κ2) is 9.29. The molecule has 1 aromatic carbocycles. The Labute approximate surface area is 179 Å². The Morgan fingerprint density at radius 2 is 1.84 bits per heavy atom. The molecule has 0 spiro atoms. The minimum Gasteiger partial charge on any atom is -0.493 e. The predicted molar refractivity (Wildman–Crippen MR) is 118 cm³/mol. The number of fused-ring (bicyclic) bond motifs is 1. The number of hydrazone groups is 1. The molecule has 0 saturated heterocycles. The molecule has 9 nitrogen and oxygen atoms in total. The smallest absolute Gasteiger partial charge is 0.276 e. The molecule has 31 heavy (non-hydrogen) atoms. The number of nitrogens with zero attached hydrogens (tertiary/aromatic N) is 3. The van der Waals surface area contributed by atoms with Crippen LogP contribution in [0.2, 0.25) is 0 Å². The summed E-state index contributed by atoms with van der Waals surface area (Å²) in [5, 5.41) is 4.36. The monoisotopic (exact) mass is 424 g/mol. The van der Waals surface area contributed by atoms with Crippen LogP contribution in [0.25, 0.3) is 11.0 Å². The maximum Gasteiger partial charge on any atom is 0.276 e. The summed E-state index contributed by atoms with van der Waals surface area (Å²) in [4.78, 5) is 29.9. The first-order valence-corrected chi connectivity index (χ1v) is 9.57. The Morgan fingerprint density at radius 1 is 1.16 bits per heavy atom. The van der Waals surface area contributed by atoms with Crippen LogP contribution in [-0.4, -0.2) is 43.0 Å². The molecule has 162 valence electrons. The molecule has 0 unspecified atom stereocenters. The maximum atomic E-state index is 12.8. The van der Waals surface area contributed by atoms with Crippen LogP contribution in [0.4, 0.5) is 0 Å². The Hall–Kier alpha value is -3.88. The zero-order chi connectivity index (χ0) is 22.5. The van der Waals surface area contributed by atoms with Crippen LogP contribution in [0.5, 0.6) is 17.2 Å². The lowest BCUT2D eigenvalue weighted by Gasteiger charge is -2.12. The van der Waals surface area contributed by atoms with E-state index < -0.39 is 11.3 Å². The number of hydrogen-bond acceptors (Lipinski definition) is 7. The van der Waals surface area contributed by atoms with Gasteiger partial charge in [0.1, 0.15) is 11.2 Å². The van der Waals surface area contributed by atoms with Crippen LogP contribution in [0.1, 0.15) is 28.5 Å². The molecule has 0 fully saturated rings. The van der Waals surface area contributed by atoms with E-state index in [0.29, 0.717) is 40.4 Å². The number of ether oxygens (including phenoxy) is 3. The highest BCUT2D eigenvalue weighted by molar-refractivity contribution is 5.97. The van der Waals surface area contributed by atoms with Gasteiger partial charge in [0.25, 0.3) is 5.91 Å². The van der Waals surface area contributed by atoms with Gasteiger partial charge in [-0.3, -0.25) is 9.59 Å². The summed E-state index contributed by atoms with van der Waals surface area (Å²) in [7, 11) is 4.53. The zero-order valence-corrected chi connectivity index (χ0v) is 18.1. The van der Waals surface area contributed by atoms with E-state index in [1.54, 1.807) is 28.8 Å². The van der Waals surface area contributed by atoms with Crippen molar-refractivity contribution in [1.29, 1.82) is 0 Å². The predicted octanol–water partition coefficient (Wildman–Crippen LogP) is 2.51. The Balaban J connectivity index is 1.90. The first-order chi connectivity index (χ1) is 14.9. The molecule has 0 atom stereocenters. The fourth-order valence-electron chi connectivity index (χ4n) is 3.16. The number of hydrogen-bond donors (Lipinski definition) is 1. The summed E-state index contributed by atoms with van der Waals surface area (Å²) < 4.78 is 17.7. The second-order valence-corrected chi connectivity index (χ2v) is 6.64. The molecular weight excluding hydrogens is 400 g/mol. The van der Waals surface area contributed by atoms with Gasteiger partial charge in [0, 0.05) is 24.0 Å². The van der Waals surface area contributed by atoms with Crippen LogP contribution in [0.3, 0.4) is 0 Å². The van der Waals surface area contributed by atoms with Gasteiger partial charge in [-0.05, 0) is 38.1 Å². The van der Waals surface area contributed by atoms with Gasteiger partial charge in [0.05, 0.1) is 32.9 Å². The molecule has 0 aliphatic rings. The lowest BCUT2D eigenvalue weighted by atomic mass is 10.1. The van der Waals surface area contributed by atoms with Crippen molar-refractivity contribution in [2.24, 2.45) is 5.10 Å². The normalized spacial score (nSPS) is 11.0. The van der Waals surface area contributed by atoms with Gasteiger partial charge in [0.2, 0.25) is 11.2 Å². The Kier molecular flexibility index (Phi) is 6.54. The van der Waals surface area contributed by atoms with Gasteiger partial charge in [-0.1, -0.05) is 0 Å². The topological polar surface area (TPSA) is 104 Å². The third-order valence-electron chi connectivity index (χ3n) is 4.71. The van der Waals surface area contributed by atoms with Crippen molar-refractivity contribution < 1.29 is 19.0 Å². The molecule has 1 amide bonds. The molecule has 3 rings (SSSR count). The molecule has 0 aliphatic carbocycles. The van der Waals surface area contributed by atoms with Crippen molar-refractivity contribution in [3.8, 4) is 17.2 Å².